The number of hydrogen-bond acceptors (Lipinski definition) is 2. The minimum absolute atomic E-state index is 0.135. The van der Waals surface area contributed by atoms with Crippen LogP contribution in [0.3, 0.4) is 0 Å². The van der Waals surface area contributed by atoms with Gasteiger partial charge in [0.25, 0.3) is 0 Å². The van der Waals surface area contributed by atoms with Crippen LogP contribution in [-0.4, -0.2) is 18.4 Å². The van der Waals surface area contributed by atoms with Gasteiger partial charge in [-0.3, -0.25) is 5.32 Å². The van der Waals surface area contributed by atoms with E-state index in [2.05, 4.69) is 5.32 Å². The van der Waals surface area contributed by atoms with Crippen LogP contribution in [0.2, 0.25) is 0 Å². The molecule has 0 spiro atoms. The summed E-state index contributed by atoms with van der Waals surface area (Å²) in [6.07, 6.45) is 4.10. The van der Waals surface area contributed by atoms with Crippen molar-refractivity contribution in [2.24, 2.45) is 5.92 Å². The third kappa shape index (κ3) is 1.46. The van der Waals surface area contributed by atoms with Gasteiger partial charge >= 0.3 is 0 Å². The number of aliphatic hydroxyl groups is 1. The Morgan fingerprint density at radius 1 is 1.50 bits per heavy atom. The Bertz CT molecular complexity index is 61.5. The predicted molar refractivity (Wildman–Crippen MR) is 32.4 cm³/mol. The molecule has 8 heavy (non-hydrogen) atoms. The van der Waals surface area contributed by atoms with Gasteiger partial charge in [-0.2, -0.15) is 0 Å². The summed E-state index contributed by atoms with van der Waals surface area (Å²) in [7, 11) is 0. The van der Waals surface area contributed by atoms with Crippen LogP contribution in [0.5, 0.6) is 0 Å². The fraction of sp³-hybridized carbons (Fsp3) is 1.00. The third-order valence-corrected chi connectivity index (χ3v) is 1.77. The zero-order chi connectivity index (χ0) is 5.82. The van der Waals surface area contributed by atoms with Crippen molar-refractivity contribution in [1.29, 1.82) is 0 Å². The van der Waals surface area contributed by atoms with Crippen molar-refractivity contribution >= 4 is 0 Å². The Kier molecular flexibility index (Phi) is 2.30. The lowest BCUT2D eigenvalue weighted by Crippen LogP contribution is -2.27. The van der Waals surface area contributed by atoms with Crippen molar-refractivity contribution in [3.8, 4) is 0 Å². The number of aliphatic hydroxyl groups excluding tert-OH is 1. The van der Waals surface area contributed by atoms with Crippen molar-refractivity contribution < 1.29 is 5.11 Å². The molecule has 1 aliphatic carbocycles. The first-order chi connectivity index (χ1) is 3.93. The smallest absolute Gasteiger partial charge is 0.0931 e. The fourth-order valence-electron chi connectivity index (χ4n) is 0.966. The minimum Gasteiger partial charge on any atom is -0.381 e. The first-order valence-electron chi connectivity index (χ1n) is 3.25. The summed E-state index contributed by atoms with van der Waals surface area (Å²) in [5, 5.41) is 11.2. The second-order valence-corrected chi connectivity index (χ2v) is 2.41. The second-order valence-electron chi connectivity index (χ2n) is 2.41. The monoisotopic (exact) mass is 115 g/mol. The van der Waals surface area contributed by atoms with E-state index in [0.29, 0.717) is 0 Å². The molecule has 0 saturated heterocycles. The van der Waals surface area contributed by atoms with Crippen molar-refractivity contribution in [2.75, 3.05) is 13.3 Å². The summed E-state index contributed by atoms with van der Waals surface area (Å²) in [5.41, 5.74) is 0. The second kappa shape index (κ2) is 3.05. The van der Waals surface area contributed by atoms with E-state index in [0.717, 1.165) is 12.5 Å². The van der Waals surface area contributed by atoms with Gasteiger partial charge in [-0.05, 0) is 18.8 Å². The molecule has 1 fully saturated rings. The van der Waals surface area contributed by atoms with Crippen LogP contribution in [0.15, 0.2) is 0 Å². The molecule has 0 aromatic carbocycles. The van der Waals surface area contributed by atoms with Gasteiger partial charge < -0.3 is 5.11 Å². The molecule has 0 aromatic heterocycles. The summed E-state index contributed by atoms with van der Waals surface area (Å²) in [6, 6.07) is 0. The fourth-order valence-corrected chi connectivity index (χ4v) is 0.966. The molecule has 2 nitrogen and oxygen atoms in total. The van der Waals surface area contributed by atoms with Crippen molar-refractivity contribution in [2.45, 2.75) is 19.3 Å². The number of hydrogen-bond donors (Lipinski definition) is 2. The van der Waals surface area contributed by atoms with E-state index >= 15 is 0 Å². The highest BCUT2D eigenvalue weighted by molar-refractivity contribution is 4.70. The van der Waals surface area contributed by atoms with Crippen LogP contribution in [0.25, 0.3) is 0 Å². The maximum Gasteiger partial charge on any atom is 0.0931 e. The molecule has 48 valence electrons. The van der Waals surface area contributed by atoms with Crippen LogP contribution in [0, 0.1) is 5.92 Å². The SMILES string of the molecule is OCNCC1CCC1. The Morgan fingerprint density at radius 3 is 2.62 bits per heavy atom. The quantitative estimate of drug-likeness (QED) is 0.519. The lowest BCUT2D eigenvalue weighted by molar-refractivity contribution is 0.224. The molecule has 0 aromatic rings. The molecule has 2 heteroatoms. The number of nitrogens with one attached hydrogen (secondary N) is 1. The van der Waals surface area contributed by atoms with Crippen LogP contribution >= 0.6 is 0 Å². The molecule has 0 amide bonds. The first kappa shape index (κ1) is 6.05. The van der Waals surface area contributed by atoms with E-state index < -0.39 is 0 Å². The zero-order valence-electron chi connectivity index (χ0n) is 5.06. The van der Waals surface area contributed by atoms with Crippen molar-refractivity contribution in [3.05, 3.63) is 0 Å². The Labute approximate surface area is 49.9 Å². The van der Waals surface area contributed by atoms with Crippen molar-refractivity contribution in [3.63, 3.8) is 0 Å². The van der Waals surface area contributed by atoms with E-state index in [1.54, 1.807) is 0 Å². The largest absolute Gasteiger partial charge is 0.381 e. The van der Waals surface area contributed by atoms with Crippen molar-refractivity contribution in [1.82, 2.24) is 5.32 Å². The number of rotatable bonds is 3. The van der Waals surface area contributed by atoms with E-state index in [-0.39, 0.29) is 6.73 Å². The average molecular weight is 115 g/mol. The summed E-state index contributed by atoms with van der Waals surface area (Å²) in [4.78, 5) is 0. The first-order valence-corrected chi connectivity index (χ1v) is 3.25. The van der Waals surface area contributed by atoms with Gasteiger partial charge in [-0.25, -0.2) is 0 Å². The van der Waals surface area contributed by atoms with E-state index in [9.17, 15) is 0 Å². The maximum absolute atomic E-state index is 8.32. The summed E-state index contributed by atoms with van der Waals surface area (Å²) < 4.78 is 0. The van der Waals surface area contributed by atoms with E-state index in [1.807, 2.05) is 0 Å². The summed E-state index contributed by atoms with van der Waals surface area (Å²) in [6.45, 7) is 1.15. The van der Waals surface area contributed by atoms with Gasteiger partial charge in [0.1, 0.15) is 0 Å². The summed E-state index contributed by atoms with van der Waals surface area (Å²) in [5.74, 6) is 0.863. The van der Waals surface area contributed by atoms with Crippen LogP contribution in [0.4, 0.5) is 0 Å². The Morgan fingerprint density at radius 2 is 2.25 bits per heavy atom. The van der Waals surface area contributed by atoms with Gasteiger partial charge in [0.2, 0.25) is 0 Å². The highest BCUT2D eigenvalue weighted by Crippen LogP contribution is 2.24. The molecule has 0 atom stereocenters. The van der Waals surface area contributed by atoms with Gasteiger partial charge in [-0.15, -0.1) is 0 Å². The summed E-state index contributed by atoms with van der Waals surface area (Å²) >= 11 is 0. The molecule has 1 aliphatic rings. The van der Waals surface area contributed by atoms with Gasteiger partial charge in [0.05, 0.1) is 6.73 Å². The average Bonchev–Trinajstić information content (AvgIpc) is 1.63. The molecule has 2 N–H and O–H groups in total. The molecule has 1 rings (SSSR count). The molecule has 1 saturated carbocycles. The van der Waals surface area contributed by atoms with Gasteiger partial charge in [-0.1, -0.05) is 6.42 Å². The lowest BCUT2D eigenvalue weighted by Gasteiger charge is -2.24. The highest BCUT2D eigenvalue weighted by Gasteiger charge is 2.15. The molecule has 0 heterocycles. The molecule has 0 unspecified atom stereocenters. The predicted octanol–water partition coefficient (Wildman–Crippen LogP) is 0.326. The Balaban J connectivity index is 1.86. The topological polar surface area (TPSA) is 32.3 Å². The molecular formula is C6H13NO. The normalized spacial score (nSPS) is 20.6. The third-order valence-electron chi connectivity index (χ3n) is 1.77. The van der Waals surface area contributed by atoms with Gasteiger partial charge in [0.15, 0.2) is 0 Å². The Hall–Kier alpha value is -0.0800. The molecule has 0 aliphatic heterocycles. The molecule has 0 radical (unpaired) electrons. The molecule has 0 bridgehead atoms. The van der Waals surface area contributed by atoms with E-state index in [1.165, 1.54) is 19.3 Å². The standard InChI is InChI=1S/C6H13NO/c8-5-7-4-6-2-1-3-6/h6-8H,1-5H2. The lowest BCUT2D eigenvalue weighted by atomic mass is 9.86. The van der Waals surface area contributed by atoms with Crippen LogP contribution in [0.1, 0.15) is 19.3 Å². The minimum atomic E-state index is 0.135. The maximum atomic E-state index is 8.32. The van der Waals surface area contributed by atoms with Crippen LogP contribution < -0.4 is 5.32 Å². The van der Waals surface area contributed by atoms with Crippen LogP contribution in [-0.2, 0) is 0 Å². The zero-order valence-corrected chi connectivity index (χ0v) is 5.06. The highest BCUT2D eigenvalue weighted by atomic mass is 16.3. The van der Waals surface area contributed by atoms with E-state index in [4.69, 9.17) is 5.11 Å². The van der Waals surface area contributed by atoms with Gasteiger partial charge in [0, 0.05) is 6.54 Å². The molecular weight excluding hydrogens is 102 g/mol.